The third kappa shape index (κ3) is 6.48. The van der Waals surface area contributed by atoms with E-state index in [1.165, 1.54) is 0 Å². The number of rotatable bonds is 10. The first-order valence-corrected chi connectivity index (χ1v) is 9.59. The van der Waals surface area contributed by atoms with Crippen LogP contribution in [0, 0.1) is 0 Å². The Morgan fingerprint density at radius 2 is 1.48 bits per heavy atom. The smallest absolute Gasteiger partial charge is 0.191 e. The molecule has 0 atom stereocenters. The molecule has 0 aromatic heterocycles. The molecule has 0 fully saturated rings. The van der Waals surface area contributed by atoms with E-state index >= 15 is 0 Å². The summed E-state index contributed by atoms with van der Waals surface area (Å²) in [5.41, 5.74) is 2.06. The van der Waals surface area contributed by atoms with Crippen molar-refractivity contribution >= 4 is 5.96 Å². The molecule has 0 amide bonds. The Bertz CT molecular complexity index is 809. The summed E-state index contributed by atoms with van der Waals surface area (Å²) in [4.78, 5) is 4.67. The molecule has 0 unspecified atom stereocenters. The van der Waals surface area contributed by atoms with Gasteiger partial charge in [0, 0.05) is 24.7 Å². The largest absolute Gasteiger partial charge is 0.497 e. The van der Waals surface area contributed by atoms with E-state index in [-0.39, 0.29) is 0 Å². The van der Waals surface area contributed by atoms with Crippen LogP contribution in [-0.2, 0) is 13.0 Å². The van der Waals surface area contributed by atoms with E-state index in [1.807, 2.05) is 43.3 Å². The molecule has 0 aliphatic rings. The van der Waals surface area contributed by atoms with Crippen LogP contribution in [0.25, 0.3) is 0 Å². The maximum Gasteiger partial charge on any atom is 0.191 e. The molecule has 0 saturated heterocycles. The van der Waals surface area contributed by atoms with Crippen molar-refractivity contribution in [2.75, 3.05) is 41.5 Å². The van der Waals surface area contributed by atoms with Crippen LogP contribution in [-0.4, -0.2) is 47.5 Å². The summed E-state index contributed by atoms with van der Waals surface area (Å²) in [5.74, 6) is 3.91. The summed E-state index contributed by atoms with van der Waals surface area (Å²) in [5, 5.41) is 6.63. The van der Waals surface area contributed by atoms with Crippen LogP contribution < -0.4 is 29.6 Å². The molecule has 7 heteroatoms. The van der Waals surface area contributed by atoms with Crippen molar-refractivity contribution in [3.8, 4) is 23.0 Å². The molecule has 0 aliphatic carbocycles. The Labute approximate surface area is 173 Å². The van der Waals surface area contributed by atoms with Gasteiger partial charge in [-0.25, -0.2) is 4.99 Å². The SMILES string of the molecule is CCNC(=NCc1ccc(OC)cc1OC)NCCc1cc(OC)ccc1OC. The van der Waals surface area contributed by atoms with Gasteiger partial charge in [-0.15, -0.1) is 0 Å². The van der Waals surface area contributed by atoms with Crippen molar-refractivity contribution in [1.29, 1.82) is 0 Å². The molecule has 7 nitrogen and oxygen atoms in total. The Morgan fingerprint density at radius 3 is 2.14 bits per heavy atom. The van der Waals surface area contributed by atoms with Gasteiger partial charge in [-0.2, -0.15) is 0 Å². The molecule has 2 rings (SSSR count). The van der Waals surface area contributed by atoms with Crippen molar-refractivity contribution in [1.82, 2.24) is 10.6 Å². The Hall–Kier alpha value is -3.09. The summed E-state index contributed by atoms with van der Waals surface area (Å²) in [6.07, 6.45) is 0.774. The number of methoxy groups -OCH3 is 4. The van der Waals surface area contributed by atoms with Crippen molar-refractivity contribution < 1.29 is 18.9 Å². The van der Waals surface area contributed by atoms with E-state index in [1.54, 1.807) is 28.4 Å². The molecule has 2 aromatic rings. The predicted octanol–water partition coefficient (Wildman–Crippen LogP) is 3.02. The maximum absolute atomic E-state index is 5.45. The molecule has 29 heavy (non-hydrogen) atoms. The molecule has 0 spiro atoms. The number of aliphatic imine (C=N–C) groups is 1. The fourth-order valence-corrected chi connectivity index (χ4v) is 2.88. The van der Waals surface area contributed by atoms with E-state index < -0.39 is 0 Å². The van der Waals surface area contributed by atoms with Gasteiger partial charge in [-0.05, 0) is 49.2 Å². The molecule has 0 radical (unpaired) electrons. The first-order valence-electron chi connectivity index (χ1n) is 9.59. The lowest BCUT2D eigenvalue weighted by Crippen LogP contribution is -2.38. The highest BCUT2D eigenvalue weighted by Crippen LogP contribution is 2.25. The number of ether oxygens (including phenoxy) is 4. The molecule has 0 saturated carbocycles. The van der Waals surface area contributed by atoms with Crippen molar-refractivity contribution in [2.24, 2.45) is 4.99 Å². The lowest BCUT2D eigenvalue weighted by Gasteiger charge is -2.14. The molecule has 2 N–H and O–H groups in total. The Kier molecular flexibility index (Phi) is 8.95. The molecule has 0 bridgehead atoms. The quantitative estimate of drug-likeness (QED) is 0.471. The topological polar surface area (TPSA) is 73.3 Å². The second-order valence-corrected chi connectivity index (χ2v) is 6.23. The minimum Gasteiger partial charge on any atom is -0.497 e. The summed E-state index contributed by atoms with van der Waals surface area (Å²) < 4.78 is 21.5. The monoisotopic (exact) mass is 401 g/mol. The normalized spacial score (nSPS) is 11.0. The van der Waals surface area contributed by atoms with Gasteiger partial charge in [0.2, 0.25) is 0 Å². The van der Waals surface area contributed by atoms with Gasteiger partial charge < -0.3 is 29.6 Å². The predicted molar refractivity (Wildman–Crippen MR) is 116 cm³/mol. The highest BCUT2D eigenvalue weighted by Gasteiger charge is 2.07. The van der Waals surface area contributed by atoms with Crippen LogP contribution in [0.5, 0.6) is 23.0 Å². The van der Waals surface area contributed by atoms with Crippen LogP contribution in [0.4, 0.5) is 0 Å². The lowest BCUT2D eigenvalue weighted by atomic mass is 10.1. The van der Waals surface area contributed by atoms with E-state index in [9.17, 15) is 0 Å². The second kappa shape index (κ2) is 11.7. The average molecular weight is 402 g/mol. The number of nitrogens with zero attached hydrogens (tertiary/aromatic N) is 1. The van der Waals surface area contributed by atoms with E-state index in [4.69, 9.17) is 18.9 Å². The number of hydrogen-bond donors (Lipinski definition) is 2. The fourth-order valence-electron chi connectivity index (χ4n) is 2.88. The third-order valence-electron chi connectivity index (χ3n) is 4.42. The summed E-state index contributed by atoms with van der Waals surface area (Å²) in [6.45, 7) is 4.00. The van der Waals surface area contributed by atoms with Gasteiger partial charge >= 0.3 is 0 Å². The first kappa shape index (κ1) is 22.2. The second-order valence-electron chi connectivity index (χ2n) is 6.23. The number of benzene rings is 2. The molecular formula is C22H31N3O4. The zero-order valence-corrected chi connectivity index (χ0v) is 17.9. The van der Waals surface area contributed by atoms with Crippen molar-refractivity contribution in [3.63, 3.8) is 0 Å². The van der Waals surface area contributed by atoms with Gasteiger partial charge in [-0.3, -0.25) is 0 Å². The summed E-state index contributed by atoms with van der Waals surface area (Å²) in [6, 6.07) is 11.5. The lowest BCUT2D eigenvalue weighted by molar-refractivity contribution is 0.391. The minimum atomic E-state index is 0.491. The summed E-state index contributed by atoms with van der Waals surface area (Å²) >= 11 is 0. The van der Waals surface area contributed by atoms with E-state index in [0.717, 1.165) is 53.1 Å². The van der Waals surface area contributed by atoms with Crippen molar-refractivity contribution in [3.05, 3.63) is 47.5 Å². The third-order valence-corrected chi connectivity index (χ3v) is 4.42. The minimum absolute atomic E-state index is 0.491. The van der Waals surface area contributed by atoms with E-state index in [2.05, 4.69) is 15.6 Å². The van der Waals surface area contributed by atoms with Gasteiger partial charge in [0.05, 0.1) is 35.0 Å². The molecule has 2 aromatic carbocycles. The van der Waals surface area contributed by atoms with Gasteiger partial charge in [0.25, 0.3) is 0 Å². The average Bonchev–Trinajstić information content (AvgIpc) is 2.77. The zero-order valence-electron chi connectivity index (χ0n) is 17.9. The molecule has 158 valence electrons. The van der Waals surface area contributed by atoms with Crippen LogP contribution in [0.3, 0.4) is 0 Å². The number of hydrogen-bond acceptors (Lipinski definition) is 5. The van der Waals surface area contributed by atoms with Crippen LogP contribution in [0.15, 0.2) is 41.4 Å². The Morgan fingerprint density at radius 1 is 0.793 bits per heavy atom. The van der Waals surface area contributed by atoms with Crippen LogP contribution in [0.1, 0.15) is 18.1 Å². The highest BCUT2D eigenvalue weighted by molar-refractivity contribution is 5.79. The highest BCUT2D eigenvalue weighted by atomic mass is 16.5. The van der Waals surface area contributed by atoms with E-state index in [0.29, 0.717) is 13.1 Å². The fraction of sp³-hybridized carbons (Fsp3) is 0.409. The standard InChI is InChI=1S/C22H31N3O4/c1-6-23-22(25-15-17-7-8-19(27-3)14-21(17)29-5)24-12-11-16-13-18(26-2)9-10-20(16)28-4/h7-10,13-14H,6,11-12,15H2,1-5H3,(H2,23,24,25). The molecular weight excluding hydrogens is 370 g/mol. The number of nitrogens with one attached hydrogen (secondary N) is 2. The summed E-state index contributed by atoms with van der Waals surface area (Å²) in [7, 11) is 6.61. The maximum atomic E-state index is 5.45. The van der Waals surface area contributed by atoms with Gasteiger partial charge in [0.15, 0.2) is 5.96 Å². The number of guanidine groups is 1. The molecule has 0 heterocycles. The van der Waals surface area contributed by atoms with Gasteiger partial charge in [0.1, 0.15) is 23.0 Å². The van der Waals surface area contributed by atoms with Crippen LogP contribution in [0.2, 0.25) is 0 Å². The first-order chi connectivity index (χ1) is 14.1. The zero-order chi connectivity index (χ0) is 21.1. The van der Waals surface area contributed by atoms with Crippen molar-refractivity contribution in [2.45, 2.75) is 19.9 Å². The molecule has 0 aliphatic heterocycles. The Balaban J connectivity index is 2.03. The van der Waals surface area contributed by atoms with Gasteiger partial charge in [-0.1, -0.05) is 0 Å². The van der Waals surface area contributed by atoms with Crippen LogP contribution >= 0.6 is 0 Å².